The summed E-state index contributed by atoms with van der Waals surface area (Å²) in [7, 11) is 4.18. The van der Waals surface area contributed by atoms with Gasteiger partial charge in [0.05, 0.1) is 29.2 Å². The van der Waals surface area contributed by atoms with Gasteiger partial charge < -0.3 is 14.2 Å². The molecule has 0 spiro atoms. The molecule has 10 nitrogen and oxygen atoms in total. The van der Waals surface area contributed by atoms with Crippen molar-refractivity contribution in [3.05, 3.63) is 129 Å². The van der Waals surface area contributed by atoms with Crippen LogP contribution in [0.15, 0.2) is 103 Å². The molecule has 0 aliphatic heterocycles. The number of carbonyl (C=O) groups excluding carboxylic acids is 2. The Balaban J connectivity index is 0.000000250. The number of ether oxygens (including phenoxy) is 3. The van der Waals surface area contributed by atoms with Crippen molar-refractivity contribution in [1.82, 2.24) is 4.68 Å². The molecule has 0 aliphatic rings. The molecule has 0 saturated carbocycles. The van der Waals surface area contributed by atoms with E-state index in [1.165, 1.54) is 29.4 Å². The van der Waals surface area contributed by atoms with Crippen molar-refractivity contribution in [2.45, 2.75) is 26.1 Å². The molecule has 260 valence electrons. The van der Waals surface area contributed by atoms with E-state index in [9.17, 15) is 32.9 Å². The first kappa shape index (κ1) is 37.1. The van der Waals surface area contributed by atoms with E-state index in [4.69, 9.17) is 25.8 Å². The highest BCUT2D eigenvalue weighted by molar-refractivity contribution is 6.32. The van der Waals surface area contributed by atoms with E-state index in [0.717, 1.165) is 30.3 Å². The van der Waals surface area contributed by atoms with Crippen LogP contribution in [0.4, 0.5) is 18.9 Å². The zero-order valence-corrected chi connectivity index (χ0v) is 28.1. The van der Waals surface area contributed by atoms with Gasteiger partial charge in [-0.2, -0.15) is 17.9 Å². The summed E-state index contributed by atoms with van der Waals surface area (Å²) in [5.41, 5.74) is 2.76. The lowest BCUT2D eigenvalue weighted by Gasteiger charge is -2.13. The minimum Gasteiger partial charge on any atom is -0.463 e. The zero-order valence-electron chi connectivity index (χ0n) is 27.3. The van der Waals surface area contributed by atoms with Crippen molar-refractivity contribution in [3.63, 3.8) is 0 Å². The van der Waals surface area contributed by atoms with E-state index in [0.29, 0.717) is 6.07 Å². The van der Waals surface area contributed by atoms with Gasteiger partial charge in [0.2, 0.25) is 5.69 Å². The number of nitrogens with zero attached hydrogens (tertiary/aromatic N) is 3. The lowest BCUT2D eigenvalue weighted by atomic mass is 10.1. The van der Waals surface area contributed by atoms with Crippen LogP contribution in [0.1, 0.15) is 29.8 Å². The molecule has 0 bridgehead atoms. The van der Waals surface area contributed by atoms with E-state index in [2.05, 4.69) is 78.1 Å². The van der Waals surface area contributed by atoms with Gasteiger partial charge in [0, 0.05) is 29.3 Å². The molecule has 14 heteroatoms. The van der Waals surface area contributed by atoms with Gasteiger partial charge in [-0.15, -0.1) is 4.68 Å². The molecule has 1 heterocycles. The van der Waals surface area contributed by atoms with Crippen molar-refractivity contribution in [2.75, 3.05) is 6.61 Å². The molecule has 5 rings (SSSR count). The Bertz CT molecular complexity index is 1920. The summed E-state index contributed by atoms with van der Waals surface area (Å²) in [5, 5.41) is 10.9. The number of nitro groups is 1. The van der Waals surface area contributed by atoms with Gasteiger partial charge in [0.15, 0.2) is 13.2 Å². The lowest BCUT2D eigenvalue weighted by molar-refractivity contribution is -0.740. The molecule has 0 amide bonds. The minimum atomic E-state index is -4.61. The highest BCUT2D eigenvalue weighted by Gasteiger charge is 2.31. The maximum Gasteiger partial charge on any atom is 0.416 e. The molecule has 0 aliphatic carbocycles. The van der Waals surface area contributed by atoms with Gasteiger partial charge in [-0.1, -0.05) is 60.1 Å². The highest BCUT2D eigenvalue weighted by atomic mass is 35.5. The Labute approximate surface area is 290 Å². The second-order valence-corrected chi connectivity index (χ2v) is 11.1. The Morgan fingerprint density at radius 2 is 1.56 bits per heavy atom. The topological polar surface area (TPSA) is 114 Å². The predicted octanol–water partition coefficient (Wildman–Crippen LogP) is 8.35. The first-order valence-corrected chi connectivity index (χ1v) is 15.5. The molecule has 0 fully saturated rings. The fraction of sp³-hybridized carbons (Fsp3) is 0.194. The largest absolute Gasteiger partial charge is 0.463 e. The van der Waals surface area contributed by atoms with Gasteiger partial charge in [-0.3, -0.25) is 10.1 Å². The number of esters is 2. The van der Waals surface area contributed by atoms with Crippen molar-refractivity contribution in [2.24, 2.45) is 14.1 Å². The monoisotopic (exact) mass is 710 g/mol. The Morgan fingerprint density at radius 3 is 2.12 bits per heavy atom. The molecule has 1 aromatic heterocycles. The van der Waals surface area contributed by atoms with Gasteiger partial charge >= 0.3 is 18.1 Å². The molecule has 0 N–H and O–H groups in total. The van der Waals surface area contributed by atoms with E-state index in [1.54, 1.807) is 6.92 Å². The molecule has 4 aromatic carbocycles. The highest BCUT2D eigenvalue weighted by Crippen LogP contribution is 2.37. The third-order valence-corrected chi connectivity index (χ3v) is 7.63. The van der Waals surface area contributed by atoms with Crippen LogP contribution in [0.2, 0.25) is 5.02 Å². The summed E-state index contributed by atoms with van der Waals surface area (Å²) in [5.74, 6) is -2.36. The molecule has 5 aromatic rings. The lowest BCUT2D eigenvalue weighted by Crippen LogP contribution is -2.39. The number of hydrogen-bond acceptors (Lipinski definition) is 7. The fourth-order valence-corrected chi connectivity index (χ4v) is 4.94. The number of benzene rings is 4. The minimum absolute atomic E-state index is 0.0398. The molecule has 50 heavy (non-hydrogen) atoms. The molecule has 0 saturated heterocycles. The number of carbonyl (C=O) groups is 2. The van der Waals surface area contributed by atoms with Crippen LogP contribution in [0, 0.1) is 10.1 Å². The van der Waals surface area contributed by atoms with Crippen molar-refractivity contribution in [3.8, 4) is 34.0 Å². The molecule has 1 unspecified atom stereocenters. The summed E-state index contributed by atoms with van der Waals surface area (Å²) in [6.45, 7) is 2.81. The van der Waals surface area contributed by atoms with Crippen LogP contribution in [0.25, 0.3) is 22.5 Å². The first-order valence-electron chi connectivity index (χ1n) is 15.1. The summed E-state index contributed by atoms with van der Waals surface area (Å²) in [4.78, 5) is 34.4. The van der Waals surface area contributed by atoms with Crippen molar-refractivity contribution < 1.29 is 46.6 Å². The number of alkyl halides is 3. The summed E-state index contributed by atoms with van der Waals surface area (Å²) < 4.78 is 57.6. The third-order valence-electron chi connectivity index (χ3n) is 7.33. The number of hydrogen-bond donors (Lipinski definition) is 0. The van der Waals surface area contributed by atoms with Crippen molar-refractivity contribution >= 4 is 29.2 Å². The maximum atomic E-state index is 12.8. The van der Waals surface area contributed by atoms with Gasteiger partial charge in [0.1, 0.15) is 22.8 Å². The van der Waals surface area contributed by atoms with E-state index in [-0.39, 0.29) is 23.1 Å². The zero-order chi connectivity index (χ0) is 36.6. The second-order valence-electron chi connectivity index (χ2n) is 10.7. The Hall–Kier alpha value is -5.69. The number of rotatable bonds is 9. The van der Waals surface area contributed by atoms with E-state index < -0.39 is 46.0 Å². The van der Waals surface area contributed by atoms with E-state index >= 15 is 0 Å². The molecular weight excluding hydrogens is 679 g/mol. The standard InChI is InChI=1S/C19H15ClF3NO7.C17H17N2/c1-3-29-17(25)10(2)30-18(26)13-9-12(5-6-15(13)24(27)28)31-16-7-4-11(8-14(16)20)19(21,22)23;1-18-16(14-9-5-3-6-10-14)13-17(19(18)2)15-11-7-4-8-12-15/h4-10H,3H2,1-2H3;3-13H,1-2H3/q;+1. The van der Waals surface area contributed by atoms with Crippen LogP contribution >= 0.6 is 11.6 Å². The molecule has 0 radical (unpaired) electrons. The predicted molar refractivity (Wildman–Crippen MR) is 179 cm³/mol. The molecule has 1 atom stereocenters. The van der Waals surface area contributed by atoms with Crippen LogP contribution in [-0.4, -0.2) is 34.3 Å². The van der Waals surface area contributed by atoms with Crippen molar-refractivity contribution in [1.29, 1.82) is 0 Å². The third kappa shape index (κ3) is 9.05. The first-order chi connectivity index (χ1) is 23.7. The van der Waals surface area contributed by atoms with Crippen LogP contribution < -0.4 is 9.42 Å². The number of halogens is 4. The van der Waals surface area contributed by atoms with Crippen LogP contribution in [0.5, 0.6) is 11.5 Å². The van der Waals surface area contributed by atoms with Crippen LogP contribution in [-0.2, 0) is 34.5 Å². The summed E-state index contributed by atoms with van der Waals surface area (Å²) >= 11 is 5.83. The van der Waals surface area contributed by atoms with E-state index in [1.807, 2.05) is 12.1 Å². The number of nitro benzene ring substituents is 1. The number of aromatic nitrogens is 2. The second kappa shape index (κ2) is 16.1. The Kier molecular flexibility index (Phi) is 12.0. The summed E-state index contributed by atoms with van der Waals surface area (Å²) in [6, 6.07) is 28.6. The smallest absolute Gasteiger partial charge is 0.416 e. The SMILES string of the molecule is CCOC(=O)C(C)OC(=O)c1cc(Oc2ccc(C(F)(F)F)cc2Cl)ccc1[N+](=O)[O-].Cn1c(-c2ccccc2)cc(-c2ccccc2)[n+]1C. The quantitative estimate of drug-likeness (QED) is 0.0654. The normalized spacial score (nSPS) is 11.5. The van der Waals surface area contributed by atoms with Gasteiger partial charge in [-0.25, -0.2) is 9.59 Å². The van der Waals surface area contributed by atoms with Crippen LogP contribution in [0.3, 0.4) is 0 Å². The maximum absolute atomic E-state index is 12.8. The summed E-state index contributed by atoms with van der Waals surface area (Å²) in [6.07, 6.45) is -5.94. The van der Waals surface area contributed by atoms with Gasteiger partial charge in [0.25, 0.3) is 5.69 Å². The average molecular weight is 711 g/mol. The average Bonchev–Trinajstić information content (AvgIpc) is 3.39. The van der Waals surface area contributed by atoms with Gasteiger partial charge in [-0.05, 0) is 50.2 Å². The fourth-order valence-electron chi connectivity index (χ4n) is 4.72. The molecular formula is C36H32ClF3N3O7+. The Morgan fingerprint density at radius 1 is 0.940 bits per heavy atom.